The fourth-order valence-electron chi connectivity index (χ4n) is 9.02. The molecule has 0 aliphatic heterocycles. The van der Waals surface area contributed by atoms with Crippen molar-refractivity contribution in [3.8, 4) is 5.75 Å². The maximum Gasteiger partial charge on any atom is 0.225 e. The van der Waals surface area contributed by atoms with Crippen molar-refractivity contribution in [1.29, 1.82) is 0 Å². The summed E-state index contributed by atoms with van der Waals surface area (Å²) in [5, 5.41) is 13.2. The van der Waals surface area contributed by atoms with E-state index < -0.39 is 0 Å². The zero-order chi connectivity index (χ0) is 24.8. The second-order valence-electron chi connectivity index (χ2n) is 12.5. The fraction of sp³-hybridized carbons (Fsp3) is 0.733. The van der Waals surface area contributed by atoms with Crippen LogP contribution in [0.2, 0.25) is 0 Å². The molecule has 5 rings (SSSR count). The molecule has 35 heavy (non-hydrogen) atoms. The minimum atomic E-state index is -0.132. The smallest absolute Gasteiger partial charge is 0.225 e. The number of pyridine rings is 1. The summed E-state index contributed by atoms with van der Waals surface area (Å²) in [5.74, 6) is 4.72. The molecule has 0 bridgehead atoms. The first kappa shape index (κ1) is 24.8. The Kier molecular flexibility index (Phi) is 6.76. The molecule has 3 fully saturated rings. The molecule has 0 spiro atoms. The maximum absolute atomic E-state index is 12.7. The van der Waals surface area contributed by atoms with Gasteiger partial charge in [0.05, 0.1) is 13.2 Å². The van der Waals surface area contributed by atoms with Crippen molar-refractivity contribution < 1.29 is 14.6 Å². The Hall–Kier alpha value is -1.88. The summed E-state index contributed by atoms with van der Waals surface area (Å²) in [7, 11) is 1.60. The number of amides is 1. The van der Waals surface area contributed by atoms with Gasteiger partial charge in [0, 0.05) is 12.6 Å². The van der Waals surface area contributed by atoms with Crippen molar-refractivity contribution in [3.05, 3.63) is 30.0 Å². The predicted octanol–water partition coefficient (Wildman–Crippen LogP) is 6.38. The first-order valence-corrected chi connectivity index (χ1v) is 13.9. The molecule has 1 amide bonds. The molecule has 4 aliphatic carbocycles. The van der Waals surface area contributed by atoms with Crippen LogP contribution in [0.15, 0.2) is 30.0 Å². The number of methoxy groups -OCH3 is 1. The van der Waals surface area contributed by atoms with E-state index in [0.717, 1.165) is 43.4 Å². The quantitative estimate of drug-likeness (QED) is 0.463. The van der Waals surface area contributed by atoms with Crippen LogP contribution in [0.1, 0.15) is 85.0 Å². The Bertz CT molecular complexity index is 976. The summed E-state index contributed by atoms with van der Waals surface area (Å²) in [5.41, 5.74) is 2.24. The molecule has 1 aromatic heterocycles. The van der Waals surface area contributed by atoms with Gasteiger partial charge in [0.25, 0.3) is 0 Å². The van der Waals surface area contributed by atoms with Gasteiger partial charge in [-0.2, -0.15) is 0 Å². The third-order valence-corrected chi connectivity index (χ3v) is 10.9. The molecule has 0 radical (unpaired) electrons. The number of allylic oxidation sites excluding steroid dienone is 1. The molecule has 1 unspecified atom stereocenters. The Morgan fingerprint density at radius 3 is 2.86 bits per heavy atom. The molecule has 8 atom stereocenters. The highest BCUT2D eigenvalue weighted by Gasteiger charge is 2.59. The average Bonchev–Trinajstić information content (AvgIpc) is 3.20. The number of aliphatic hydroxyl groups is 1. The number of fused-ring (bicyclic) bond motifs is 5. The highest BCUT2D eigenvalue weighted by atomic mass is 16.5. The van der Waals surface area contributed by atoms with Gasteiger partial charge in [-0.05, 0) is 110 Å². The lowest BCUT2D eigenvalue weighted by atomic mass is 9.47. The lowest BCUT2D eigenvalue weighted by Gasteiger charge is -2.58. The van der Waals surface area contributed by atoms with Gasteiger partial charge >= 0.3 is 0 Å². The molecule has 3 saturated carbocycles. The van der Waals surface area contributed by atoms with Crippen LogP contribution in [0, 0.1) is 40.4 Å². The SMILES string of the molecule is COc1cccnc1NC(=O)CCC(C)[C@H]1CC[C@H]2[C@@H]3CC=C4C[C@@H](O)CC[C@]4(C)[C@H]3CC[C@]12C. The van der Waals surface area contributed by atoms with Crippen molar-refractivity contribution in [2.45, 2.75) is 91.1 Å². The lowest BCUT2D eigenvalue weighted by Crippen LogP contribution is -2.50. The van der Waals surface area contributed by atoms with Gasteiger partial charge in [-0.3, -0.25) is 4.79 Å². The maximum atomic E-state index is 12.7. The van der Waals surface area contributed by atoms with Crippen LogP contribution in [0.25, 0.3) is 0 Å². The monoisotopic (exact) mass is 480 g/mol. The second-order valence-corrected chi connectivity index (χ2v) is 12.5. The summed E-state index contributed by atoms with van der Waals surface area (Å²) < 4.78 is 5.32. The largest absolute Gasteiger partial charge is 0.493 e. The normalized spacial score (nSPS) is 39.0. The van der Waals surface area contributed by atoms with Gasteiger partial charge in [0.2, 0.25) is 5.91 Å². The molecule has 2 N–H and O–H groups in total. The molecule has 1 heterocycles. The number of rotatable bonds is 6. The van der Waals surface area contributed by atoms with Gasteiger partial charge in [-0.15, -0.1) is 0 Å². The van der Waals surface area contributed by atoms with E-state index >= 15 is 0 Å². The van der Waals surface area contributed by atoms with Crippen molar-refractivity contribution in [2.24, 2.45) is 40.4 Å². The van der Waals surface area contributed by atoms with Gasteiger partial charge < -0.3 is 15.2 Å². The van der Waals surface area contributed by atoms with Crippen molar-refractivity contribution in [3.63, 3.8) is 0 Å². The summed E-state index contributed by atoms with van der Waals surface area (Å²) in [6.07, 6.45) is 15.0. The van der Waals surface area contributed by atoms with Crippen molar-refractivity contribution in [2.75, 3.05) is 12.4 Å². The van der Waals surface area contributed by atoms with E-state index in [9.17, 15) is 9.90 Å². The zero-order valence-corrected chi connectivity index (χ0v) is 22.1. The molecule has 0 saturated heterocycles. The van der Waals surface area contributed by atoms with Crippen molar-refractivity contribution in [1.82, 2.24) is 4.98 Å². The number of ether oxygens (including phenoxy) is 1. The van der Waals surface area contributed by atoms with Crippen molar-refractivity contribution >= 4 is 11.7 Å². The van der Waals surface area contributed by atoms with E-state index in [1.165, 1.54) is 32.1 Å². The summed E-state index contributed by atoms with van der Waals surface area (Å²) in [6, 6.07) is 3.63. The first-order chi connectivity index (χ1) is 16.8. The zero-order valence-electron chi connectivity index (χ0n) is 22.1. The number of hydrogen-bond acceptors (Lipinski definition) is 4. The van der Waals surface area contributed by atoms with Crippen LogP contribution in [-0.2, 0) is 4.79 Å². The third-order valence-electron chi connectivity index (χ3n) is 10.9. The van der Waals surface area contributed by atoms with E-state index in [-0.39, 0.29) is 12.0 Å². The van der Waals surface area contributed by atoms with E-state index in [0.29, 0.717) is 40.7 Å². The number of carbonyl (C=O) groups is 1. The number of hydrogen-bond donors (Lipinski definition) is 2. The minimum absolute atomic E-state index is 0.0228. The van der Waals surface area contributed by atoms with Crippen LogP contribution < -0.4 is 10.1 Å². The molecule has 0 aromatic carbocycles. The van der Waals surface area contributed by atoms with Crippen LogP contribution in [0.5, 0.6) is 5.75 Å². The highest BCUT2D eigenvalue weighted by molar-refractivity contribution is 5.91. The van der Waals surface area contributed by atoms with Crippen LogP contribution >= 0.6 is 0 Å². The second kappa shape index (κ2) is 9.53. The Balaban J connectivity index is 1.23. The van der Waals surface area contributed by atoms with Gasteiger partial charge in [-0.1, -0.05) is 32.4 Å². The Morgan fingerprint density at radius 1 is 1.23 bits per heavy atom. The summed E-state index contributed by atoms with van der Waals surface area (Å²) in [6.45, 7) is 7.46. The number of carbonyl (C=O) groups excluding carboxylic acids is 1. The number of nitrogens with zero attached hydrogens (tertiary/aromatic N) is 1. The van der Waals surface area contributed by atoms with E-state index in [4.69, 9.17) is 4.74 Å². The third kappa shape index (κ3) is 4.32. The van der Waals surface area contributed by atoms with Crippen LogP contribution in [0.4, 0.5) is 5.82 Å². The molecule has 5 nitrogen and oxygen atoms in total. The molecule has 192 valence electrons. The molecule has 5 heteroatoms. The number of anilines is 1. The Labute approximate surface area is 211 Å². The van der Waals surface area contributed by atoms with E-state index in [1.54, 1.807) is 18.9 Å². The summed E-state index contributed by atoms with van der Waals surface area (Å²) in [4.78, 5) is 17.0. The van der Waals surface area contributed by atoms with Gasteiger partial charge in [0.15, 0.2) is 11.6 Å². The number of aliphatic hydroxyl groups excluding tert-OH is 1. The molecule has 1 aromatic rings. The van der Waals surface area contributed by atoms with E-state index in [1.807, 2.05) is 12.1 Å². The average molecular weight is 481 g/mol. The number of nitrogens with one attached hydrogen (secondary N) is 1. The van der Waals surface area contributed by atoms with E-state index in [2.05, 4.69) is 37.1 Å². The van der Waals surface area contributed by atoms with Gasteiger partial charge in [-0.25, -0.2) is 4.98 Å². The van der Waals surface area contributed by atoms with Crippen LogP contribution in [-0.4, -0.2) is 29.2 Å². The molecule has 4 aliphatic rings. The first-order valence-electron chi connectivity index (χ1n) is 13.9. The fourth-order valence-corrected chi connectivity index (χ4v) is 9.02. The standard InChI is InChI=1S/C30H44N2O3/c1-19(7-12-27(34)32-28-26(35-4)6-5-17-31-28)23-10-11-24-22-9-8-20-18-21(33)13-15-29(20,2)25(22)14-16-30(23,24)3/h5-6,8,17,19,21-25,33H,7,9-16,18H2,1-4H3,(H,31,32,34)/t19?,21-,22-,23+,24-,25-,29-,30+/m0/s1. The van der Waals surface area contributed by atoms with Crippen LogP contribution in [0.3, 0.4) is 0 Å². The summed E-state index contributed by atoms with van der Waals surface area (Å²) >= 11 is 0. The van der Waals surface area contributed by atoms with Gasteiger partial charge in [0.1, 0.15) is 0 Å². The Morgan fingerprint density at radius 2 is 2.06 bits per heavy atom. The lowest BCUT2D eigenvalue weighted by molar-refractivity contribution is -0.116. The minimum Gasteiger partial charge on any atom is -0.493 e. The predicted molar refractivity (Wildman–Crippen MR) is 139 cm³/mol. The topological polar surface area (TPSA) is 71.5 Å². The molecular weight excluding hydrogens is 436 g/mol. The number of aromatic nitrogens is 1. The molecular formula is C30H44N2O3. The highest BCUT2D eigenvalue weighted by Crippen LogP contribution is 2.67.